The van der Waals surface area contributed by atoms with Crippen LogP contribution >= 0.6 is 34.8 Å². The van der Waals surface area contributed by atoms with Crippen LogP contribution in [0.1, 0.15) is 39.3 Å². The topological polar surface area (TPSA) is 41.1 Å². The van der Waals surface area contributed by atoms with Crippen LogP contribution in [-0.2, 0) is 4.79 Å². The monoisotopic (exact) mass is 336 g/mol. The molecule has 0 aliphatic heterocycles. The summed E-state index contributed by atoms with van der Waals surface area (Å²) in [7, 11) is 0. The first-order chi connectivity index (χ1) is 9.23. The summed E-state index contributed by atoms with van der Waals surface area (Å²) >= 11 is 18.1. The van der Waals surface area contributed by atoms with E-state index in [-0.39, 0.29) is 24.0 Å². The maximum atomic E-state index is 11.9. The highest BCUT2D eigenvalue weighted by Gasteiger charge is 2.19. The minimum atomic E-state index is -0.335. The number of halogens is 3. The van der Waals surface area contributed by atoms with Gasteiger partial charge in [-0.3, -0.25) is 10.1 Å². The maximum absolute atomic E-state index is 11.9. The lowest BCUT2D eigenvalue weighted by Gasteiger charge is -2.22. The Kier molecular flexibility index (Phi) is 6.59. The molecule has 2 atom stereocenters. The molecule has 0 aliphatic rings. The van der Waals surface area contributed by atoms with Crippen molar-refractivity contribution in [1.29, 1.82) is 0 Å². The second-order valence-electron chi connectivity index (χ2n) is 5.04. The number of hydrogen-bond acceptors (Lipinski definition) is 2. The zero-order chi connectivity index (χ0) is 15.4. The lowest BCUT2D eigenvalue weighted by Crippen LogP contribution is -2.45. The zero-order valence-electron chi connectivity index (χ0n) is 11.9. The second kappa shape index (κ2) is 7.51. The first-order valence-corrected chi connectivity index (χ1v) is 7.57. The van der Waals surface area contributed by atoms with E-state index < -0.39 is 0 Å². The molecule has 0 saturated heterocycles. The van der Waals surface area contributed by atoms with Gasteiger partial charge in [0.15, 0.2) is 0 Å². The van der Waals surface area contributed by atoms with Crippen LogP contribution in [0, 0.1) is 0 Å². The molecule has 0 aromatic heterocycles. The van der Waals surface area contributed by atoms with Gasteiger partial charge in [0.1, 0.15) is 0 Å². The molecular weight excluding hydrogens is 319 g/mol. The molecule has 3 nitrogen and oxygen atoms in total. The first-order valence-electron chi connectivity index (χ1n) is 6.43. The molecule has 6 heteroatoms. The maximum Gasteiger partial charge on any atom is 0.237 e. The molecule has 20 heavy (non-hydrogen) atoms. The van der Waals surface area contributed by atoms with Crippen LogP contribution < -0.4 is 10.6 Å². The van der Waals surface area contributed by atoms with Crippen LogP contribution in [0.5, 0.6) is 0 Å². The standard InChI is InChI=1S/C14H19Cl3N2O/c1-7(2)18-14(20)9(4)19-8(3)10-5-6-11(15)13(17)12(10)16/h5-9,19H,1-4H3,(H,18,20). The Morgan fingerprint density at radius 2 is 1.65 bits per heavy atom. The molecule has 0 radical (unpaired) electrons. The van der Waals surface area contributed by atoms with Gasteiger partial charge in [0.25, 0.3) is 0 Å². The SMILES string of the molecule is CC(C)NC(=O)C(C)NC(C)c1ccc(Cl)c(Cl)c1Cl. The Labute approximate surface area is 135 Å². The summed E-state index contributed by atoms with van der Waals surface area (Å²) in [5.74, 6) is -0.0527. The van der Waals surface area contributed by atoms with E-state index in [0.29, 0.717) is 15.1 Å². The van der Waals surface area contributed by atoms with Gasteiger partial charge in [0.05, 0.1) is 21.1 Å². The average Bonchev–Trinajstić information content (AvgIpc) is 2.35. The summed E-state index contributed by atoms with van der Waals surface area (Å²) in [5.41, 5.74) is 0.810. The Hall–Kier alpha value is -0.480. The Morgan fingerprint density at radius 1 is 1.05 bits per heavy atom. The molecule has 1 aromatic rings. The van der Waals surface area contributed by atoms with E-state index in [1.807, 2.05) is 20.8 Å². The molecule has 1 aromatic carbocycles. The molecule has 0 heterocycles. The highest BCUT2D eigenvalue weighted by atomic mass is 35.5. The summed E-state index contributed by atoms with van der Waals surface area (Å²) < 4.78 is 0. The molecule has 2 unspecified atom stereocenters. The van der Waals surface area contributed by atoms with Crippen LogP contribution in [0.25, 0.3) is 0 Å². The van der Waals surface area contributed by atoms with Crippen molar-refractivity contribution < 1.29 is 4.79 Å². The van der Waals surface area contributed by atoms with Gasteiger partial charge in [-0.25, -0.2) is 0 Å². The third-order valence-electron chi connectivity index (χ3n) is 2.86. The Morgan fingerprint density at radius 3 is 2.20 bits per heavy atom. The highest BCUT2D eigenvalue weighted by molar-refractivity contribution is 6.48. The number of nitrogens with one attached hydrogen (secondary N) is 2. The lowest BCUT2D eigenvalue weighted by molar-refractivity contribution is -0.123. The fourth-order valence-electron chi connectivity index (χ4n) is 1.83. The van der Waals surface area contributed by atoms with Gasteiger partial charge in [0, 0.05) is 12.1 Å². The molecule has 0 spiro atoms. The molecule has 0 bridgehead atoms. The number of rotatable bonds is 5. The van der Waals surface area contributed by atoms with Crippen molar-refractivity contribution in [3.05, 3.63) is 32.8 Å². The minimum absolute atomic E-state index is 0.0527. The Balaban J connectivity index is 2.79. The van der Waals surface area contributed by atoms with Crippen molar-refractivity contribution in [2.45, 2.75) is 45.8 Å². The van der Waals surface area contributed by atoms with E-state index in [4.69, 9.17) is 34.8 Å². The van der Waals surface area contributed by atoms with Crippen LogP contribution in [0.2, 0.25) is 15.1 Å². The van der Waals surface area contributed by atoms with E-state index in [0.717, 1.165) is 5.56 Å². The number of benzene rings is 1. The van der Waals surface area contributed by atoms with E-state index in [2.05, 4.69) is 10.6 Å². The second-order valence-corrected chi connectivity index (χ2v) is 6.20. The van der Waals surface area contributed by atoms with E-state index in [1.54, 1.807) is 19.1 Å². The Bertz CT molecular complexity index is 492. The molecule has 1 amide bonds. The van der Waals surface area contributed by atoms with E-state index >= 15 is 0 Å². The fraction of sp³-hybridized carbons (Fsp3) is 0.500. The van der Waals surface area contributed by atoms with Crippen molar-refractivity contribution >= 4 is 40.7 Å². The van der Waals surface area contributed by atoms with Crippen molar-refractivity contribution in [2.24, 2.45) is 0 Å². The molecular formula is C14H19Cl3N2O. The highest BCUT2D eigenvalue weighted by Crippen LogP contribution is 2.35. The summed E-state index contributed by atoms with van der Waals surface area (Å²) in [6.45, 7) is 7.57. The van der Waals surface area contributed by atoms with Crippen LogP contribution in [0.4, 0.5) is 0 Å². The number of amides is 1. The summed E-state index contributed by atoms with van der Waals surface area (Å²) in [6, 6.07) is 3.15. The smallest absolute Gasteiger partial charge is 0.237 e. The first kappa shape index (κ1) is 17.6. The number of hydrogen-bond donors (Lipinski definition) is 2. The predicted octanol–water partition coefficient (Wildman–Crippen LogP) is 4.21. The zero-order valence-corrected chi connectivity index (χ0v) is 14.2. The largest absolute Gasteiger partial charge is 0.353 e. The molecule has 2 N–H and O–H groups in total. The van der Waals surface area contributed by atoms with Gasteiger partial charge < -0.3 is 5.32 Å². The summed E-state index contributed by atoms with van der Waals surface area (Å²) in [5, 5.41) is 7.20. The van der Waals surface area contributed by atoms with E-state index in [9.17, 15) is 4.79 Å². The molecule has 1 rings (SSSR count). The molecule has 0 fully saturated rings. The molecule has 0 aliphatic carbocycles. The summed E-state index contributed by atoms with van der Waals surface area (Å²) in [4.78, 5) is 11.9. The van der Waals surface area contributed by atoms with Crippen LogP contribution in [-0.4, -0.2) is 18.0 Å². The summed E-state index contributed by atoms with van der Waals surface area (Å²) in [6.07, 6.45) is 0. The van der Waals surface area contributed by atoms with E-state index in [1.165, 1.54) is 0 Å². The third kappa shape index (κ3) is 4.52. The van der Waals surface area contributed by atoms with Crippen molar-refractivity contribution in [2.75, 3.05) is 0 Å². The third-order valence-corrected chi connectivity index (χ3v) is 4.16. The van der Waals surface area contributed by atoms with Gasteiger partial charge in [-0.05, 0) is 39.3 Å². The van der Waals surface area contributed by atoms with Gasteiger partial charge >= 0.3 is 0 Å². The van der Waals surface area contributed by atoms with Gasteiger partial charge in [-0.2, -0.15) is 0 Å². The fourth-order valence-corrected chi connectivity index (χ4v) is 2.53. The number of carbonyl (C=O) groups is 1. The quantitative estimate of drug-likeness (QED) is 0.790. The van der Waals surface area contributed by atoms with Crippen molar-refractivity contribution in [3.63, 3.8) is 0 Å². The minimum Gasteiger partial charge on any atom is -0.353 e. The van der Waals surface area contributed by atoms with Gasteiger partial charge in [-0.15, -0.1) is 0 Å². The van der Waals surface area contributed by atoms with Crippen LogP contribution in [0.3, 0.4) is 0 Å². The van der Waals surface area contributed by atoms with Crippen LogP contribution in [0.15, 0.2) is 12.1 Å². The molecule has 0 saturated carbocycles. The normalized spacial score (nSPS) is 14.2. The number of carbonyl (C=O) groups excluding carboxylic acids is 1. The van der Waals surface area contributed by atoms with Crippen molar-refractivity contribution in [1.82, 2.24) is 10.6 Å². The lowest BCUT2D eigenvalue weighted by atomic mass is 10.1. The van der Waals surface area contributed by atoms with Gasteiger partial charge in [-0.1, -0.05) is 40.9 Å². The average molecular weight is 338 g/mol. The van der Waals surface area contributed by atoms with Gasteiger partial charge in [0.2, 0.25) is 5.91 Å². The predicted molar refractivity (Wildman–Crippen MR) is 85.8 cm³/mol. The molecule has 112 valence electrons. The van der Waals surface area contributed by atoms with Crippen molar-refractivity contribution in [3.8, 4) is 0 Å².